The zero-order valence-corrected chi connectivity index (χ0v) is 25.3. The van der Waals surface area contributed by atoms with Crippen LogP contribution in [-0.2, 0) is 6.54 Å². The number of aromatic nitrogens is 2. The third kappa shape index (κ3) is 18.5. The number of nitrogens with zero attached hydrogens (tertiary/aromatic N) is 1. The van der Waals surface area contributed by atoms with Crippen LogP contribution < -0.4 is 4.57 Å². The molecular formula is C34H67N2+. The second-order valence-corrected chi connectivity index (χ2v) is 11.7. The number of nitrogens with one attached hydrogen (secondary N) is 1. The van der Waals surface area contributed by atoms with Gasteiger partial charge in [0, 0.05) is 0 Å². The number of unbranched alkanes of at least 4 members (excludes halogenated alkanes) is 21. The summed E-state index contributed by atoms with van der Waals surface area (Å²) >= 11 is 0. The molecule has 2 nitrogen and oxygen atoms in total. The van der Waals surface area contributed by atoms with E-state index in [9.17, 15) is 0 Å². The molecule has 0 fully saturated rings. The summed E-state index contributed by atoms with van der Waals surface area (Å²) in [5.74, 6) is 2.24. The van der Waals surface area contributed by atoms with Crippen molar-refractivity contribution in [2.24, 2.45) is 0 Å². The Morgan fingerprint density at radius 1 is 0.500 bits per heavy atom. The monoisotopic (exact) mass is 504 g/mol. The molecule has 0 aliphatic carbocycles. The molecule has 0 unspecified atom stereocenters. The maximum Gasteiger partial charge on any atom is 0.257 e. The first-order chi connectivity index (χ1) is 17.8. The highest BCUT2D eigenvalue weighted by molar-refractivity contribution is 4.90. The molecule has 0 bridgehead atoms. The molecule has 0 saturated heterocycles. The predicted octanol–water partition coefficient (Wildman–Crippen LogP) is 11.6. The Hall–Kier alpha value is -0.790. The number of hydrogen-bond donors (Lipinski definition) is 1. The molecule has 1 aromatic heterocycles. The van der Waals surface area contributed by atoms with Crippen LogP contribution in [0.5, 0.6) is 0 Å². The van der Waals surface area contributed by atoms with Crippen LogP contribution in [0.2, 0.25) is 0 Å². The van der Waals surface area contributed by atoms with Gasteiger partial charge in [-0.05, 0) is 19.3 Å². The lowest BCUT2D eigenvalue weighted by Gasteiger charge is -2.14. The highest BCUT2D eigenvalue weighted by atomic mass is 15.1. The molecule has 0 aliphatic heterocycles. The van der Waals surface area contributed by atoms with Gasteiger partial charge in [-0.2, -0.15) is 0 Å². The van der Waals surface area contributed by atoms with Crippen molar-refractivity contribution in [2.75, 3.05) is 0 Å². The van der Waals surface area contributed by atoms with Gasteiger partial charge in [0.2, 0.25) is 0 Å². The van der Waals surface area contributed by atoms with Gasteiger partial charge in [0.05, 0.1) is 12.5 Å². The van der Waals surface area contributed by atoms with Crippen molar-refractivity contribution in [3.63, 3.8) is 0 Å². The summed E-state index contributed by atoms with van der Waals surface area (Å²) in [5, 5.41) is 0. The zero-order chi connectivity index (χ0) is 25.9. The van der Waals surface area contributed by atoms with Crippen molar-refractivity contribution < 1.29 is 4.57 Å². The topological polar surface area (TPSA) is 19.7 Å². The smallest absolute Gasteiger partial charge is 0.247 e. The lowest BCUT2D eigenvalue weighted by Crippen LogP contribution is -2.37. The fourth-order valence-electron chi connectivity index (χ4n) is 5.87. The van der Waals surface area contributed by atoms with Crippen molar-refractivity contribution in [1.29, 1.82) is 0 Å². The lowest BCUT2D eigenvalue weighted by atomic mass is 9.93. The van der Waals surface area contributed by atoms with Crippen LogP contribution in [0.3, 0.4) is 0 Å². The minimum Gasteiger partial charge on any atom is -0.247 e. The predicted molar refractivity (Wildman–Crippen MR) is 161 cm³/mol. The van der Waals surface area contributed by atoms with Gasteiger partial charge in [-0.1, -0.05) is 168 Å². The third-order valence-electron chi connectivity index (χ3n) is 8.21. The van der Waals surface area contributed by atoms with Crippen LogP contribution in [0.4, 0.5) is 0 Å². The van der Waals surface area contributed by atoms with Gasteiger partial charge < -0.3 is 0 Å². The molecule has 0 aliphatic rings. The van der Waals surface area contributed by atoms with Gasteiger partial charge in [-0.25, -0.2) is 9.55 Å². The van der Waals surface area contributed by atoms with Crippen LogP contribution >= 0.6 is 0 Å². The number of aromatic amines is 1. The summed E-state index contributed by atoms with van der Waals surface area (Å²) in [4.78, 5) is 3.64. The fraction of sp³-hybridized carbons (Fsp3) is 0.912. The zero-order valence-electron chi connectivity index (χ0n) is 25.3. The van der Waals surface area contributed by atoms with Crippen LogP contribution in [0, 0.1) is 0 Å². The van der Waals surface area contributed by atoms with E-state index < -0.39 is 0 Å². The summed E-state index contributed by atoms with van der Waals surface area (Å²) in [6.07, 6.45) is 41.5. The third-order valence-corrected chi connectivity index (χ3v) is 8.21. The van der Waals surface area contributed by atoms with Gasteiger partial charge in [0.1, 0.15) is 12.4 Å². The molecule has 2 heteroatoms. The Balaban J connectivity index is 2.18. The second kappa shape index (κ2) is 25.8. The number of hydrogen-bond acceptors (Lipinski definition) is 0. The first-order valence-corrected chi connectivity index (χ1v) is 16.9. The van der Waals surface area contributed by atoms with Crippen molar-refractivity contribution in [1.82, 2.24) is 4.98 Å². The molecule has 1 rings (SSSR count). The minimum atomic E-state index is 0.730. The Bertz CT molecular complexity index is 549. The molecular weight excluding hydrogens is 436 g/mol. The number of rotatable bonds is 28. The molecule has 1 atom stereocenters. The van der Waals surface area contributed by atoms with E-state index in [2.05, 4.69) is 42.7 Å². The van der Waals surface area contributed by atoms with Gasteiger partial charge in [-0.3, -0.25) is 0 Å². The SMILES string of the molecule is CCCCCCCCCCCCCC[C@H](CCCCCCCCCCCCC)c1[nH]cc[n+]1CCC. The van der Waals surface area contributed by atoms with Crippen LogP contribution in [0.15, 0.2) is 12.4 Å². The van der Waals surface area contributed by atoms with Crippen molar-refractivity contribution in [3.05, 3.63) is 18.2 Å². The number of aryl methyl sites for hydroxylation is 1. The van der Waals surface area contributed by atoms with Crippen LogP contribution in [-0.4, -0.2) is 4.98 Å². The standard InChI is InChI=1S/C34H66N2/c1-4-7-9-11-13-15-17-19-21-23-25-27-29-33(34-35-30-32-36(34)31-6-3)28-26-24-22-20-18-16-14-12-10-8-5-2/h30,32-33H,4-29,31H2,1-3H3/p+1/t33-/m0/s1. The minimum absolute atomic E-state index is 0.730. The maximum absolute atomic E-state index is 3.64. The second-order valence-electron chi connectivity index (χ2n) is 11.7. The number of H-pyrrole nitrogens is 1. The Morgan fingerprint density at radius 2 is 0.861 bits per heavy atom. The average molecular weight is 504 g/mol. The molecule has 0 aromatic carbocycles. The lowest BCUT2D eigenvalue weighted by molar-refractivity contribution is -0.704. The van der Waals surface area contributed by atoms with E-state index >= 15 is 0 Å². The largest absolute Gasteiger partial charge is 0.257 e. The quantitative estimate of drug-likeness (QED) is 0.0866. The highest BCUT2D eigenvalue weighted by Crippen LogP contribution is 2.26. The molecule has 1 heterocycles. The van der Waals surface area contributed by atoms with Gasteiger partial charge in [0.25, 0.3) is 5.82 Å². The fourth-order valence-corrected chi connectivity index (χ4v) is 5.87. The van der Waals surface area contributed by atoms with Crippen molar-refractivity contribution >= 4 is 0 Å². The summed E-state index contributed by atoms with van der Waals surface area (Å²) < 4.78 is 2.50. The Kier molecular flexibility index (Phi) is 23.9. The Morgan fingerprint density at radius 3 is 1.22 bits per heavy atom. The van der Waals surface area contributed by atoms with Gasteiger partial charge in [-0.15, -0.1) is 0 Å². The number of imidazole rings is 1. The van der Waals surface area contributed by atoms with E-state index in [-0.39, 0.29) is 0 Å². The molecule has 1 N–H and O–H groups in total. The van der Waals surface area contributed by atoms with E-state index in [1.807, 2.05) is 0 Å². The summed E-state index contributed by atoms with van der Waals surface area (Å²) in [7, 11) is 0. The highest BCUT2D eigenvalue weighted by Gasteiger charge is 2.22. The van der Waals surface area contributed by atoms with E-state index in [1.165, 1.54) is 173 Å². The first kappa shape index (κ1) is 33.2. The normalized spacial score (nSPS) is 12.4. The molecule has 0 radical (unpaired) electrons. The molecule has 0 saturated carbocycles. The van der Waals surface area contributed by atoms with E-state index in [4.69, 9.17) is 0 Å². The first-order valence-electron chi connectivity index (χ1n) is 16.9. The molecule has 0 amide bonds. The van der Waals surface area contributed by atoms with Gasteiger partial charge >= 0.3 is 0 Å². The maximum atomic E-state index is 3.64. The molecule has 0 spiro atoms. The summed E-state index contributed by atoms with van der Waals surface area (Å²) in [6.45, 7) is 8.07. The molecule has 1 aromatic rings. The molecule has 36 heavy (non-hydrogen) atoms. The van der Waals surface area contributed by atoms with Crippen molar-refractivity contribution in [3.8, 4) is 0 Å². The average Bonchev–Trinajstić information content (AvgIpc) is 3.35. The Labute approximate surface area is 227 Å². The van der Waals surface area contributed by atoms with Crippen molar-refractivity contribution in [2.45, 2.75) is 200 Å². The van der Waals surface area contributed by atoms with E-state index in [1.54, 1.807) is 0 Å². The van der Waals surface area contributed by atoms with Crippen LogP contribution in [0.25, 0.3) is 0 Å². The van der Waals surface area contributed by atoms with Crippen LogP contribution in [0.1, 0.15) is 199 Å². The van der Waals surface area contributed by atoms with E-state index in [0.29, 0.717) is 0 Å². The summed E-state index contributed by atoms with van der Waals surface area (Å²) in [5.41, 5.74) is 0. The van der Waals surface area contributed by atoms with E-state index in [0.717, 1.165) is 12.5 Å². The molecule has 212 valence electrons. The summed E-state index contributed by atoms with van der Waals surface area (Å²) in [6, 6.07) is 0. The van der Waals surface area contributed by atoms with Gasteiger partial charge in [0.15, 0.2) is 0 Å².